The minimum absolute atomic E-state index is 0.740. The Hall–Kier alpha value is -0.770. The molecule has 1 amide bonds. The predicted octanol–water partition coefficient (Wildman–Crippen LogP) is 2.20. The van der Waals surface area contributed by atoms with E-state index in [1.165, 1.54) is 0 Å². The third-order valence-corrected chi connectivity index (χ3v) is 2.27. The third-order valence-electron chi connectivity index (χ3n) is 1.48. The smallest absolute Gasteiger partial charge is 0.207 e. The third kappa shape index (κ3) is 11.2. The van der Waals surface area contributed by atoms with Gasteiger partial charge < -0.3 is 5.32 Å². The molecule has 0 radical (unpaired) electrons. The summed E-state index contributed by atoms with van der Waals surface area (Å²) in [6, 6.07) is 0. The van der Waals surface area contributed by atoms with Crippen molar-refractivity contribution in [1.82, 2.24) is 5.32 Å². The molecule has 3 nitrogen and oxygen atoms in total. The van der Waals surface area contributed by atoms with Gasteiger partial charge in [0.05, 0.1) is 5.55 Å². The molecule has 14 heavy (non-hydrogen) atoms. The summed E-state index contributed by atoms with van der Waals surface area (Å²) < 4.78 is 0. The number of hydrogen-bond donors (Lipinski definition) is 1. The van der Waals surface area contributed by atoms with Gasteiger partial charge in [-0.2, -0.15) is 0 Å². The van der Waals surface area contributed by atoms with Gasteiger partial charge in [0.25, 0.3) is 0 Å². The summed E-state index contributed by atoms with van der Waals surface area (Å²) >= 11 is 1.70. The molecule has 0 aliphatic heterocycles. The van der Waals surface area contributed by atoms with Gasteiger partial charge in [-0.1, -0.05) is 13.0 Å². The molecule has 0 aliphatic carbocycles. The molecule has 0 unspecified atom stereocenters. The average Bonchev–Trinajstić information content (AvgIpc) is 2.21. The maximum Gasteiger partial charge on any atom is 0.207 e. The lowest BCUT2D eigenvalue weighted by Crippen LogP contribution is -2.11. The van der Waals surface area contributed by atoms with Crippen LogP contribution < -0.4 is 5.32 Å². The largest absolute Gasteiger partial charge is 0.359 e. The van der Waals surface area contributed by atoms with Gasteiger partial charge in [-0.15, -0.1) is 11.8 Å². The van der Waals surface area contributed by atoms with E-state index in [-0.39, 0.29) is 0 Å². The van der Waals surface area contributed by atoms with E-state index in [0.717, 1.165) is 38.0 Å². The molecule has 0 saturated carbocycles. The Kier molecular flexibility index (Phi) is 11.6. The van der Waals surface area contributed by atoms with Crippen molar-refractivity contribution < 1.29 is 4.79 Å². The quantitative estimate of drug-likeness (QED) is 0.277. The second-order valence-electron chi connectivity index (χ2n) is 2.70. The van der Waals surface area contributed by atoms with Crippen LogP contribution >= 0.6 is 11.8 Å². The molecule has 4 heteroatoms. The van der Waals surface area contributed by atoms with Crippen LogP contribution in [0.1, 0.15) is 26.2 Å². The van der Waals surface area contributed by atoms with E-state index < -0.39 is 0 Å². The number of thioether (sulfide) groups is 1. The van der Waals surface area contributed by atoms with E-state index in [0.29, 0.717) is 0 Å². The molecule has 1 N–H and O–H groups in total. The SMILES string of the molecule is CCC=CN=CSCCCCNC=O. The lowest BCUT2D eigenvalue weighted by atomic mass is 10.3. The molecule has 0 saturated heterocycles. The van der Waals surface area contributed by atoms with Gasteiger partial charge in [-0.3, -0.25) is 9.79 Å². The predicted molar refractivity (Wildman–Crippen MR) is 63.7 cm³/mol. The zero-order chi connectivity index (χ0) is 10.5. The molecule has 0 aromatic carbocycles. The number of amides is 1. The molecule has 80 valence electrons. The highest BCUT2D eigenvalue weighted by Crippen LogP contribution is 2.00. The van der Waals surface area contributed by atoms with E-state index in [1.807, 2.05) is 17.8 Å². The molecular weight excluding hydrogens is 196 g/mol. The van der Waals surface area contributed by atoms with E-state index in [1.54, 1.807) is 11.8 Å². The topological polar surface area (TPSA) is 41.5 Å². The number of carbonyl (C=O) groups is 1. The van der Waals surface area contributed by atoms with Gasteiger partial charge in [0.15, 0.2) is 0 Å². The molecule has 0 aromatic heterocycles. The van der Waals surface area contributed by atoms with Crippen molar-refractivity contribution in [1.29, 1.82) is 0 Å². The fraction of sp³-hybridized carbons (Fsp3) is 0.600. The first-order valence-electron chi connectivity index (χ1n) is 4.87. The van der Waals surface area contributed by atoms with E-state index in [9.17, 15) is 4.79 Å². The first-order valence-corrected chi connectivity index (χ1v) is 5.92. The summed E-state index contributed by atoms with van der Waals surface area (Å²) in [5.74, 6) is 1.06. The Balaban J connectivity index is 3.08. The highest BCUT2D eigenvalue weighted by molar-refractivity contribution is 8.12. The summed E-state index contributed by atoms with van der Waals surface area (Å²) in [7, 11) is 0. The summed E-state index contributed by atoms with van der Waals surface area (Å²) in [4.78, 5) is 14.0. The van der Waals surface area contributed by atoms with Crippen molar-refractivity contribution in [3.05, 3.63) is 12.3 Å². The minimum Gasteiger partial charge on any atom is -0.359 e. The number of nitrogens with zero attached hydrogens (tertiary/aromatic N) is 1. The van der Waals surface area contributed by atoms with Crippen LogP contribution in [0.3, 0.4) is 0 Å². The molecule has 0 atom stereocenters. The number of hydrogen-bond acceptors (Lipinski definition) is 3. The maximum atomic E-state index is 9.90. The lowest BCUT2D eigenvalue weighted by Gasteiger charge is -1.96. The minimum atomic E-state index is 0.740. The van der Waals surface area contributed by atoms with Crippen LogP contribution in [0, 0.1) is 0 Å². The molecule has 0 heterocycles. The van der Waals surface area contributed by atoms with Crippen molar-refractivity contribution in [3.63, 3.8) is 0 Å². The molecule has 0 fully saturated rings. The second-order valence-corrected chi connectivity index (χ2v) is 3.65. The monoisotopic (exact) mass is 214 g/mol. The Morgan fingerprint density at radius 1 is 1.43 bits per heavy atom. The van der Waals surface area contributed by atoms with Crippen molar-refractivity contribution >= 4 is 23.7 Å². The second kappa shape index (κ2) is 12.2. The first-order chi connectivity index (χ1) is 6.91. The van der Waals surface area contributed by atoms with Crippen LogP contribution in [0.5, 0.6) is 0 Å². The number of allylic oxidation sites excluding steroid dienone is 1. The number of carbonyl (C=O) groups excluding carboxylic acids is 1. The Morgan fingerprint density at radius 2 is 2.29 bits per heavy atom. The lowest BCUT2D eigenvalue weighted by molar-refractivity contribution is -0.109. The van der Waals surface area contributed by atoms with Gasteiger partial charge in [0.1, 0.15) is 0 Å². The van der Waals surface area contributed by atoms with Gasteiger partial charge in [0, 0.05) is 12.7 Å². The van der Waals surface area contributed by atoms with E-state index >= 15 is 0 Å². The molecule has 0 rings (SSSR count). The Bertz CT molecular complexity index is 181. The van der Waals surface area contributed by atoms with Crippen LogP contribution in [-0.4, -0.2) is 24.3 Å². The van der Waals surface area contributed by atoms with Crippen LogP contribution in [0.2, 0.25) is 0 Å². The summed E-state index contributed by atoms with van der Waals surface area (Å²) in [6.07, 6.45) is 7.74. The van der Waals surface area contributed by atoms with Gasteiger partial charge in [0.2, 0.25) is 6.41 Å². The zero-order valence-electron chi connectivity index (χ0n) is 8.61. The van der Waals surface area contributed by atoms with Gasteiger partial charge >= 0.3 is 0 Å². The standard InChI is InChI=1S/C10H18N2OS/c1-2-3-6-12-10-14-8-5-4-7-11-9-13/h3,6,9-10H,2,4-5,7-8H2,1H3,(H,11,13). The van der Waals surface area contributed by atoms with Crippen molar-refractivity contribution in [2.45, 2.75) is 26.2 Å². The van der Waals surface area contributed by atoms with Crippen molar-refractivity contribution in [2.75, 3.05) is 12.3 Å². The highest BCUT2D eigenvalue weighted by Gasteiger charge is 1.86. The van der Waals surface area contributed by atoms with Crippen LogP contribution in [-0.2, 0) is 4.79 Å². The number of aliphatic imine (C=N–C) groups is 1. The highest BCUT2D eigenvalue weighted by atomic mass is 32.2. The summed E-state index contributed by atoms with van der Waals surface area (Å²) in [6.45, 7) is 2.86. The van der Waals surface area contributed by atoms with E-state index in [4.69, 9.17) is 0 Å². The number of unbranched alkanes of at least 4 members (excludes halogenated alkanes) is 1. The van der Waals surface area contributed by atoms with E-state index in [2.05, 4.69) is 17.2 Å². The van der Waals surface area contributed by atoms with Crippen molar-refractivity contribution in [3.8, 4) is 0 Å². The van der Waals surface area contributed by atoms with Gasteiger partial charge in [-0.05, 0) is 25.0 Å². The Morgan fingerprint density at radius 3 is 3.00 bits per heavy atom. The van der Waals surface area contributed by atoms with Crippen LogP contribution in [0.4, 0.5) is 0 Å². The summed E-state index contributed by atoms with van der Waals surface area (Å²) in [5.41, 5.74) is 1.86. The number of rotatable bonds is 9. The van der Waals surface area contributed by atoms with Crippen LogP contribution in [0.15, 0.2) is 17.3 Å². The molecule has 0 aromatic rings. The van der Waals surface area contributed by atoms with Crippen molar-refractivity contribution in [2.24, 2.45) is 4.99 Å². The molecule has 0 bridgehead atoms. The fourth-order valence-corrected chi connectivity index (χ4v) is 1.40. The maximum absolute atomic E-state index is 9.90. The zero-order valence-corrected chi connectivity index (χ0v) is 9.43. The van der Waals surface area contributed by atoms with Crippen LogP contribution in [0.25, 0.3) is 0 Å². The Labute approximate surface area is 90.1 Å². The average molecular weight is 214 g/mol. The molecule has 0 aliphatic rings. The fourth-order valence-electron chi connectivity index (χ4n) is 0.769. The normalized spacial score (nSPS) is 11.2. The van der Waals surface area contributed by atoms with Gasteiger partial charge in [-0.25, -0.2) is 0 Å². The molecule has 0 spiro atoms. The number of nitrogens with one attached hydrogen (secondary N) is 1. The molecular formula is C10H18N2OS. The first kappa shape index (κ1) is 13.2. The summed E-state index contributed by atoms with van der Waals surface area (Å²) in [5, 5.41) is 2.63.